The van der Waals surface area contributed by atoms with Crippen LogP contribution >= 0.6 is 38.9 Å². The number of carbonyl (C=O) groups is 1. The Labute approximate surface area is 233 Å². The molecule has 188 valence electrons. The Bertz CT molecular complexity index is 1460. The highest BCUT2D eigenvalue weighted by Crippen LogP contribution is 2.49. The lowest BCUT2D eigenvalue weighted by Crippen LogP contribution is -2.32. The molecule has 5 rings (SSSR count). The first-order chi connectivity index (χ1) is 17.9. The summed E-state index contributed by atoms with van der Waals surface area (Å²) in [7, 11) is 1.58. The van der Waals surface area contributed by atoms with Gasteiger partial charge >= 0.3 is 0 Å². The Morgan fingerprint density at radius 3 is 2.62 bits per heavy atom. The molecule has 8 heteroatoms. The summed E-state index contributed by atoms with van der Waals surface area (Å²) in [6.07, 6.45) is 1.06. The van der Waals surface area contributed by atoms with Crippen LogP contribution in [-0.2, 0) is 11.4 Å². The molecule has 0 bridgehead atoms. The molecule has 3 unspecified atom stereocenters. The molecule has 0 N–H and O–H groups in total. The Balaban J connectivity index is 1.52. The summed E-state index contributed by atoms with van der Waals surface area (Å²) in [5.41, 5.74) is 4.09. The van der Waals surface area contributed by atoms with Gasteiger partial charge in [-0.05, 0) is 70.6 Å². The largest absolute Gasteiger partial charge is 0.493 e. The Kier molecular flexibility index (Phi) is 7.52. The van der Waals surface area contributed by atoms with Gasteiger partial charge in [-0.15, -0.1) is 11.3 Å². The number of ether oxygens (including phenoxy) is 2. The van der Waals surface area contributed by atoms with Gasteiger partial charge in [-0.2, -0.15) is 5.26 Å². The maximum atomic E-state index is 13.6. The number of carbonyl (C=O) groups excluding carboxylic acids is 1. The summed E-state index contributed by atoms with van der Waals surface area (Å²) >= 11 is 11.2. The monoisotopic (exact) mass is 594 g/mol. The molecule has 0 saturated carbocycles. The fourth-order valence-corrected chi connectivity index (χ4v) is 6.75. The van der Waals surface area contributed by atoms with Crippen LogP contribution in [0.5, 0.6) is 11.5 Å². The van der Waals surface area contributed by atoms with E-state index in [1.54, 1.807) is 7.11 Å². The van der Waals surface area contributed by atoms with Crippen molar-refractivity contribution in [1.82, 2.24) is 0 Å². The van der Waals surface area contributed by atoms with Gasteiger partial charge in [-0.1, -0.05) is 41.9 Å². The molecule has 3 aromatic rings. The van der Waals surface area contributed by atoms with Gasteiger partial charge in [0.25, 0.3) is 0 Å². The van der Waals surface area contributed by atoms with Crippen molar-refractivity contribution >= 4 is 50.4 Å². The molecule has 5 nitrogen and oxygen atoms in total. The minimum atomic E-state index is -0.549. The van der Waals surface area contributed by atoms with Crippen molar-refractivity contribution in [2.45, 2.75) is 38.2 Å². The molecule has 3 atom stereocenters. The lowest BCUT2D eigenvalue weighted by atomic mass is 9.69. The van der Waals surface area contributed by atoms with Crippen molar-refractivity contribution in [3.8, 4) is 17.6 Å². The van der Waals surface area contributed by atoms with Gasteiger partial charge in [0.15, 0.2) is 17.3 Å². The van der Waals surface area contributed by atoms with Crippen LogP contribution in [0.15, 0.2) is 75.3 Å². The number of nitrogens with zero attached hydrogens (tertiary/aromatic N) is 2. The van der Waals surface area contributed by atoms with Crippen LogP contribution in [0.4, 0.5) is 0 Å². The van der Waals surface area contributed by atoms with Gasteiger partial charge in [0.2, 0.25) is 0 Å². The van der Waals surface area contributed by atoms with Crippen molar-refractivity contribution in [3.63, 3.8) is 0 Å². The van der Waals surface area contributed by atoms with Gasteiger partial charge < -0.3 is 9.47 Å². The minimum Gasteiger partial charge on any atom is -0.493 e. The van der Waals surface area contributed by atoms with Gasteiger partial charge in [-0.3, -0.25) is 9.79 Å². The van der Waals surface area contributed by atoms with E-state index in [0.717, 1.165) is 27.4 Å². The summed E-state index contributed by atoms with van der Waals surface area (Å²) < 4.78 is 13.2. The van der Waals surface area contributed by atoms with Gasteiger partial charge in [-0.25, -0.2) is 0 Å². The van der Waals surface area contributed by atoms with Crippen LogP contribution in [0.1, 0.15) is 47.6 Å². The number of rotatable bonds is 6. The van der Waals surface area contributed by atoms with Crippen LogP contribution in [0.25, 0.3) is 0 Å². The zero-order valence-corrected chi connectivity index (χ0v) is 23.5. The summed E-state index contributed by atoms with van der Waals surface area (Å²) in [6, 6.07) is 20.0. The number of thiophene rings is 1. The molecule has 0 spiro atoms. The first-order valence-corrected chi connectivity index (χ1v) is 13.9. The molecule has 1 aliphatic carbocycles. The average molecular weight is 596 g/mol. The van der Waals surface area contributed by atoms with E-state index in [0.29, 0.717) is 45.3 Å². The quantitative estimate of drug-likeness (QED) is 0.291. The van der Waals surface area contributed by atoms with E-state index < -0.39 is 11.8 Å². The lowest BCUT2D eigenvalue weighted by molar-refractivity contribution is -0.116. The number of ketones is 1. The molecule has 0 fully saturated rings. The highest BCUT2D eigenvalue weighted by Gasteiger charge is 2.41. The van der Waals surface area contributed by atoms with Crippen LogP contribution in [-0.4, -0.2) is 18.6 Å². The maximum Gasteiger partial charge on any atom is 0.175 e. The van der Waals surface area contributed by atoms with Crippen molar-refractivity contribution in [2.24, 2.45) is 10.9 Å². The van der Waals surface area contributed by atoms with Gasteiger partial charge in [0.1, 0.15) is 6.61 Å². The zero-order valence-electron chi connectivity index (χ0n) is 20.3. The predicted octanol–water partition coefficient (Wildman–Crippen LogP) is 7.85. The molecule has 2 aliphatic rings. The van der Waals surface area contributed by atoms with E-state index >= 15 is 0 Å². The smallest absolute Gasteiger partial charge is 0.175 e. The normalized spacial score (nSPS) is 21.2. The van der Waals surface area contributed by atoms with E-state index in [9.17, 15) is 10.1 Å². The third-order valence-electron chi connectivity index (χ3n) is 6.90. The highest BCUT2D eigenvalue weighted by molar-refractivity contribution is 9.10. The first kappa shape index (κ1) is 25.7. The van der Waals surface area contributed by atoms with Crippen LogP contribution in [0.2, 0.25) is 4.34 Å². The van der Waals surface area contributed by atoms with Crippen LogP contribution in [0, 0.1) is 17.2 Å². The number of aliphatic imine (C=N–C) groups is 1. The molecule has 2 aromatic carbocycles. The van der Waals surface area contributed by atoms with Crippen molar-refractivity contribution in [1.29, 1.82) is 5.26 Å². The third kappa shape index (κ3) is 5.11. The van der Waals surface area contributed by atoms with Crippen LogP contribution < -0.4 is 9.47 Å². The topological polar surface area (TPSA) is 71.7 Å². The van der Waals surface area contributed by atoms with E-state index in [1.165, 1.54) is 11.3 Å². The van der Waals surface area contributed by atoms with Gasteiger partial charge in [0, 0.05) is 34.2 Å². The second-order valence-corrected chi connectivity index (χ2v) is 11.8. The fraction of sp³-hybridized carbons (Fsp3) is 0.276. The molecular formula is C29H24BrClN2O3S. The fourth-order valence-electron chi connectivity index (χ4n) is 5.18. The molecule has 0 saturated heterocycles. The Hall–Kier alpha value is -2.92. The summed E-state index contributed by atoms with van der Waals surface area (Å²) in [5.74, 6) is 0.215. The van der Waals surface area contributed by atoms with Gasteiger partial charge in [0.05, 0.1) is 27.9 Å². The molecule has 2 heterocycles. The number of nitriles is 1. The summed E-state index contributed by atoms with van der Waals surface area (Å²) in [6.45, 7) is 2.22. The van der Waals surface area contributed by atoms with Crippen LogP contribution in [0.3, 0.4) is 0 Å². The lowest BCUT2D eigenvalue weighted by Gasteiger charge is -2.35. The third-order valence-corrected chi connectivity index (χ3v) is 8.69. The molecule has 1 aromatic heterocycles. The SMILES string of the molecule is COc1cc(C2C3=C(CC(c4ccccc4)CC3=O)N=C(C)C2C#N)cc(Br)c1OCc1ccc(Cl)s1. The zero-order chi connectivity index (χ0) is 26.1. The highest BCUT2D eigenvalue weighted by atomic mass is 79.9. The second-order valence-electron chi connectivity index (χ2n) is 9.17. The number of methoxy groups -OCH3 is 1. The average Bonchev–Trinajstić information content (AvgIpc) is 3.32. The molecule has 37 heavy (non-hydrogen) atoms. The number of allylic oxidation sites excluding steroid dienone is 2. The molecule has 1 aliphatic heterocycles. The first-order valence-electron chi connectivity index (χ1n) is 11.9. The van der Waals surface area contributed by atoms with Crippen molar-refractivity contribution < 1.29 is 14.3 Å². The maximum absolute atomic E-state index is 13.6. The predicted molar refractivity (Wildman–Crippen MR) is 150 cm³/mol. The number of halogens is 2. The molecule has 0 amide bonds. The van der Waals surface area contributed by atoms with E-state index in [-0.39, 0.29) is 11.7 Å². The number of hydrogen-bond donors (Lipinski definition) is 0. The van der Waals surface area contributed by atoms with E-state index in [2.05, 4.69) is 34.1 Å². The summed E-state index contributed by atoms with van der Waals surface area (Å²) in [5, 5.41) is 10.1. The second kappa shape index (κ2) is 10.8. The Morgan fingerprint density at radius 2 is 1.95 bits per heavy atom. The Morgan fingerprint density at radius 1 is 1.16 bits per heavy atom. The van der Waals surface area contributed by atoms with Crippen molar-refractivity contribution in [2.75, 3.05) is 7.11 Å². The van der Waals surface area contributed by atoms with E-state index in [1.807, 2.05) is 49.4 Å². The number of hydrogen-bond acceptors (Lipinski definition) is 6. The van der Waals surface area contributed by atoms with E-state index in [4.69, 9.17) is 26.1 Å². The minimum absolute atomic E-state index is 0.0431. The van der Waals surface area contributed by atoms with Crippen molar-refractivity contribution in [3.05, 3.63) is 90.7 Å². The molecular weight excluding hydrogens is 572 g/mol. The number of benzene rings is 2. The standard InChI is InChI=1S/C29H24BrClN2O3S/c1-16-21(14-32)27(28-23(33-16)11-18(12-24(28)34)17-6-4-3-5-7-17)19-10-22(30)29(25(13-19)35-2)36-15-20-8-9-26(31)37-20/h3-10,13,18,21,27H,11-12,15H2,1-2H3. The number of Topliss-reactive ketones (excluding diaryl/α,β-unsaturated/α-hetero) is 1. The molecule has 0 radical (unpaired) electrons. The summed E-state index contributed by atoms with van der Waals surface area (Å²) in [4.78, 5) is 19.4.